The summed E-state index contributed by atoms with van der Waals surface area (Å²) in [5, 5.41) is 7.62. The van der Waals surface area contributed by atoms with E-state index in [4.69, 9.17) is 9.47 Å². The van der Waals surface area contributed by atoms with Crippen LogP contribution >= 0.6 is 0 Å². The van der Waals surface area contributed by atoms with Crippen LogP contribution in [0.1, 0.15) is 30.4 Å². The summed E-state index contributed by atoms with van der Waals surface area (Å²) in [6.07, 6.45) is 2.78. The highest BCUT2D eigenvalue weighted by atomic mass is 32.2. The number of amides is 1. The van der Waals surface area contributed by atoms with Crippen LogP contribution in [0.15, 0.2) is 48.7 Å². The van der Waals surface area contributed by atoms with Gasteiger partial charge in [0.15, 0.2) is 5.82 Å². The van der Waals surface area contributed by atoms with Crippen LogP contribution in [-0.2, 0) is 22.3 Å². The van der Waals surface area contributed by atoms with Crippen molar-refractivity contribution >= 4 is 22.0 Å². The minimum Gasteiger partial charge on any atom is -0.437 e. The number of benzene rings is 2. The third kappa shape index (κ3) is 4.31. The molecule has 36 heavy (non-hydrogen) atoms. The molecule has 13 heteroatoms. The number of aromatic nitrogens is 2. The normalized spacial score (nSPS) is 16.2. The minimum absolute atomic E-state index is 0.196. The Balaban J connectivity index is 1.47. The van der Waals surface area contributed by atoms with Crippen LogP contribution in [-0.4, -0.2) is 36.7 Å². The fourth-order valence-electron chi connectivity index (χ4n) is 4.43. The van der Waals surface area contributed by atoms with Gasteiger partial charge in [-0.2, -0.15) is 13.5 Å². The van der Waals surface area contributed by atoms with Crippen LogP contribution in [0, 0.1) is 11.6 Å². The van der Waals surface area contributed by atoms with Crippen LogP contribution in [0.5, 0.6) is 17.4 Å². The monoisotopic (exact) mass is 517 g/mol. The highest BCUT2D eigenvalue weighted by Gasteiger charge is 2.52. The Morgan fingerprint density at radius 3 is 2.67 bits per heavy atom. The van der Waals surface area contributed by atoms with E-state index in [1.165, 1.54) is 11.1 Å². The van der Waals surface area contributed by atoms with E-state index in [0.29, 0.717) is 29.9 Å². The molecule has 1 aromatic heterocycles. The molecule has 0 unspecified atom stereocenters. The Morgan fingerprint density at radius 1 is 1.19 bits per heavy atom. The van der Waals surface area contributed by atoms with Crippen molar-refractivity contribution in [3.63, 3.8) is 0 Å². The molecule has 5 rings (SSSR count). The van der Waals surface area contributed by atoms with Crippen molar-refractivity contribution in [3.8, 4) is 17.4 Å². The van der Waals surface area contributed by atoms with Crippen LogP contribution in [0.2, 0.25) is 0 Å². The maximum Gasteiger partial charge on any atom is 0.416 e. The summed E-state index contributed by atoms with van der Waals surface area (Å²) in [4.78, 5) is 14.5. The van der Waals surface area contributed by atoms with Gasteiger partial charge >= 0.3 is 6.09 Å². The summed E-state index contributed by atoms with van der Waals surface area (Å²) in [5.41, 5.74) is -0.830. The zero-order valence-corrected chi connectivity index (χ0v) is 19.8. The average molecular weight is 518 g/mol. The van der Waals surface area contributed by atoms with Crippen LogP contribution in [0.25, 0.3) is 0 Å². The number of ether oxygens (including phenoxy) is 2. The van der Waals surface area contributed by atoms with Gasteiger partial charge in [-0.1, -0.05) is 0 Å². The fraction of sp³-hybridized carbons (Fsp3) is 0.261. The second-order valence-electron chi connectivity index (χ2n) is 8.40. The lowest BCUT2D eigenvalue weighted by Gasteiger charge is -2.52. The van der Waals surface area contributed by atoms with Crippen molar-refractivity contribution in [2.45, 2.75) is 31.3 Å². The summed E-state index contributed by atoms with van der Waals surface area (Å²) in [5.74, 6) is -0.886. The van der Waals surface area contributed by atoms with Gasteiger partial charge in [0, 0.05) is 42.6 Å². The number of anilines is 1. The minimum atomic E-state index is -4.09. The zero-order valence-electron chi connectivity index (χ0n) is 19.0. The SMILES string of the molecule is CNS(=O)(=O)Nc1cc(F)cc(CN2C(=O)Oc3cc(Oc4cccnn4)ccc3C23CCC3)c1F. The molecule has 2 heterocycles. The predicted octanol–water partition coefficient (Wildman–Crippen LogP) is 3.82. The van der Waals surface area contributed by atoms with Gasteiger partial charge in [-0.15, -0.1) is 5.10 Å². The maximum absolute atomic E-state index is 15.2. The number of hydrogen-bond acceptors (Lipinski definition) is 7. The van der Waals surface area contributed by atoms with E-state index in [1.54, 1.807) is 30.3 Å². The molecular weight excluding hydrogens is 496 g/mol. The molecule has 1 amide bonds. The number of nitrogens with zero attached hydrogens (tertiary/aromatic N) is 3. The van der Waals surface area contributed by atoms with Gasteiger partial charge in [-0.05, 0) is 43.5 Å². The number of hydrogen-bond donors (Lipinski definition) is 2. The average Bonchev–Trinajstić information content (AvgIpc) is 2.82. The molecule has 1 spiro atoms. The molecule has 1 fully saturated rings. The van der Waals surface area contributed by atoms with E-state index in [9.17, 15) is 17.6 Å². The van der Waals surface area contributed by atoms with Crippen molar-refractivity contribution in [3.05, 3.63) is 71.4 Å². The molecule has 0 atom stereocenters. The Bertz CT molecular complexity index is 1430. The van der Waals surface area contributed by atoms with Crippen molar-refractivity contribution in [2.75, 3.05) is 11.8 Å². The lowest BCUT2D eigenvalue weighted by atomic mass is 9.69. The van der Waals surface area contributed by atoms with Crippen molar-refractivity contribution in [2.24, 2.45) is 0 Å². The zero-order chi connectivity index (χ0) is 25.5. The van der Waals surface area contributed by atoms with Crippen LogP contribution in [0.3, 0.4) is 0 Å². The first-order chi connectivity index (χ1) is 17.2. The maximum atomic E-state index is 15.2. The molecule has 0 bridgehead atoms. The Morgan fingerprint density at radius 2 is 2.00 bits per heavy atom. The molecule has 2 aromatic carbocycles. The summed E-state index contributed by atoms with van der Waals surface area (Å²) >= 11 is 0. The quantitative estimate of drug-likeness (QED) is 0.489. The Hall–Kier alpha value is -3.84. The number of carbonyl (C=O) groups excluding carboxylic acids is 1. The molecule has 1 saturated carbocycles. The smallest absolute Gasteiger partial charge is 0.416 e. The van der Waals surface area contributed by atoms with Crippen molar-refractivity contribution in [1.82, 2.24) is 19.8 Å². The lowest BCUT2D eigenvalue weighted by Crippen LogP contribution is -2.57. The highest BCUT2D eigenvalue weighted by molar-refractivity contribution is 7.90. The van der Waals surface area contributed by atoms with Crippen LogP contribution < -0.4 is 18.9 Å². The summed E-state index contributed by atoms with van der Waals surface area (Å²) in [6.45, 7) is -0.325. The molecule has 10 nitrogen and oxygen atoms in total. The van der Waals surface area contributed by atoms with Gasteiger partial charge in [-0.3, -0.25) is 9.62 Å². The molecule has 0 saturated heterocycles. The third-order valence-electron chi connectivity index (χ3n) is 6.29. The summed E-state index contributed by atoms with van der Waals surface area (Å²) < 4.78 is 68.3. The number of fused-ring (bicyclic) bond motifs is 2. The van der Waals surface area contributed by atoms with E-state index in [1.807, 2.05) is 9.44 Å². The Labute approximate surface area is 205 Å². The molecule has 0 radical (unpaired) electrons. The van der Waals surface area contributed by atoms with Gasteiger partial charge in [0.05, 0.1) is 17.8 Å². The topological polar surface area (TPSA) is 123 Å². The molecule has 1 aliphatic carbocycles. The molecular formula is C23H21F2N5O5S. The first-order valence-corrected chi connectivity index (χ1v) is 12.5. The third-order valence-corrected chi connectivity index (χ3v) is 7.32. The Kier molecular flexibility index (Phi) is 5.96. The van der Waals surface area contributed by atoms with Gasteiger partial charge in [0.2, 0.25) is 5.88 Å². The second-order valence-corrected chi connectivity index (χ2v) is 10.0. The summed E-state index contributed by atoms with van der Waals surface area (Å²) in [6, 6.07) is 10.0. The number of nitrogens with one attached hydrogen (secondary N) is 2. The van der Waals surface area contributed by atoms with E-state index in [-0.39, 0.29) is 18.0 Å². The largest absolute Gasteiger partial charge is 0.437 e. The molecule has 3 aromatic rings. The second kappa shape index (κ2) is 8.99. The highest BCUT2D eigenvalue weighted by Crippen LogP contribution is 2.53. The van der Waals surface area contributed by atoms with E-state index < -0.39 is 39.2 Å². The van der Waals surface area contributed by atoms with Gasteiger partial charge in [0.25, 0.3) is 10.2 Å². The lowest BCUT2D eigenvalue weighted by molar-refractivity contribution is 0.00108. The van der Waals surface area contributed by atoms with Gasteiger partial charge < -0.3 is 9.47 Å². The standard InChI is InChI=1S/C23H21F2N5O5S/c1-26-36(32,33)29-18-11-15(24)10-14(21(18)25)13-30-22(31)35-19-12-16(34-20-4-2-9-27-28-20)5-6-17(19)23(30)7-3-8-23/h2,4-6,9-12,26,29H,3,7-8,13H2,1H3. The molecule has 188 valence electrons. The molecule has 1 aliphatic heterocycles. The van der Waals surface area contributed by atoms with E-state index in [0.717, 1.165) is 25.6 Å². The van der Waals surface area contributed by atoms with Crippen LogP contribution in [0.4, 0.5) is 19.3 Å². The van der Waals surface area contributed by atoms with Gasteiger partial charge in [0.1, 0.15) is 17.3 Å². The number of rotatable bonds is 7. The van der Waals surface area contributed by atoms with E-state index in [2.05, 4.69) is 10.2 Å². The fourth-order valence-corrected chi connectivity index (χ4v) is 4.97. The molecule has 2 N–H and O–H groups in total. The predicted molar refractivity (Wildman–Crippen MR) is 124 cm³/mol. The number of carbonyl (C=O) groups is 1. The first-order valence-electron chi connectivity index (χ1n) is 11.0. The first kappa shape index (κ1) is 23.9. The van der Waals surface area contributed by atoms with Gasteiger partial charge in [-0.25, -0.2) is 18.3 Å². The van der Waals surface area contributed by atoms with Crippen molar-refractivity contribution < 1.29 is 31.5 Å². The van der Waals surface area contributed by atoms with E-state index >= 15 is 4.39 Å². The van der Waals surface area contributed by atoms with Crippen molar-refractivity contribution in [1.29, 1.82) is 0 Å². The number of halogens is 2. The molecule has 2 aliphatic rings. The summed E-state index contributed by atoms with van der Waals surface area (Å²) in [7, 11) is -2.96.